The fraction of sp³-hybridized carbons (Fsp3) is 0.381. The van der Waals surface area contributed by atoms with Crippen molar-refractivity contribution in [3.8, 4) is 5.75 Å². The van der Waals surface area contributed by atoms with Crippen LogP contribution in [0.3, 0.4) is 0 Å². The maximum absolute atomic E-state index is 12.2. The summed E-state index contributed by atoms with van der Waals surface area (Å²) < 4.78 is 5.28. The Labute approximate surface area is 153 Å². The predicted octanol–water partition coefficient (Wildman–Crippen LogP) is 3.00. The fourth-order valence-electron chi connectivity index (χ4n) is 4.28. The highest BCUT2D eigenvalue weighted by atomic mass is 16.7. The molecule has 0 radical (unpaired) electrons. The summed E-state index contributed by atoms with van der Waals surface area (Å²) in [5.41, 5.74) is 0.621. The highest BCUT2D eigenvalue weighted by Gasteiger charge is 2.50. The molecule has 2 fully saturated rings. The standard InChI is InChI=1S/C21H23NO4/c1-25-19-9-5-8-18(10-19)21(24)11-16-13-22(14-17(16)12-21)26-20(23)15-6-3-2-4-7-15/h2-10,16-17,24H,11-14H2,1H3/t16-,17+,21?. The molecule has 2 aliphatic rings. The Morgan fingerprint density at radius 1 is 1.08 bits per heavy atom. The second-order valence-electron chi connectivity index (χ2n) is 7.28. The van der Waals surface area contributed by atoms with E-state index in [9.17, 15) is 9.90 Å². The van der Waals surface area contributed by atoms with Gasteiger partial charge in [-0.15, -0.1) is 5.06 Å². The lowest BCUT2D eigenvalue weighted by molar-refractivity contribution is -0.103. The van der Waals surface area contributed by atoms with Gasteiger partial charge in [0.15, 0.2) is 0 Å². The zero-order valence-corrected chi connectivity index (χ0v) is 14.8. The van der Waals surface area contributed by atoms with E-state index >= 15 is 0 Å². The van der Waals surface area contributed by atoms with Crippen LogP contribution in [0.15, 0.2) is 54.6 Å². The SMILES string of the molecule is COc1cccc(C2(O)C[C@H]3CN(OC(=O)c4ccccc4)C[C@H]3C2)c1. The molecule has 0 spiro atoms. The van der Waals surface area contributed by atoms with Gasteiger partial charge in [0.2, 0.25) is 0 Å². The Morgan fingerprint density at radius 3 is 2.42 bits per heavy atom. The molecule has 136 valence electrons. The van der Waals surface area contributed by atoms with Crippen molar-refractivity contribution < 1.29 is 19.5 Å². The van der Waals surface area contributed by atoms with Crippen molar-refractivity contribution in [2.75, 3.05) is 20.2 Å². The molecular formula is C21H23NO4. The third-order valence-corrected chi connectivity index (χ3v) is 5.57. The Hall–Kier alpha value is -2.37. The molecule has 2 aromatic rings. The van der Waals surface area contributed by atoms with E-state index in [1.54, 1.807) is 24.3 Å². The van der Waals surface area contributed by atoms with Gasteiger partial charge in [0, 0.05) is 13.1 Å². The number of hydroxylamine groups is 2. The van der Waals surface area contributed by atoms with Gasteiger partial charge < -0.3 is 14.7 Å². The molecule has 3 atom stereocenters. The largest absolute Gasteiger partial charge is 0.497 e. The Morgan fingerprint density at radius 2 is 1.77 bits per heavy atom. The second kappa shape index (κ2) is 6.74. The number of carbonyl (C=O) groups is 1. The molecule has 1 N–H and O–H groups in total. The minimum Gasteiger partial charge on any atom is -0.497 e. The van der Waals surface area contributed by atoms with E-state index in [-0.39, 0.29) is 5.97 Å². The average molecular weight is 353 g/mol. The number of benzene rings is 2. The van der Waals surface area contributed by atoms with Gasteiger partial charge in [-0.1, -0.05) is 30.3 Å². The molecule has 5 nitrogen and oxygen atoms in total. The van der Waals surface area contributed by atoms with Crippen molar-refractivity contribution in [3.63, 3.8) is 0 Å². The second-order valence-corrected chi connectivity index (χ2v) is 7.28. The summed E-state index contributed by atoms with van der Waals surface area (Å²) in [6, 6.07) is 16.7. The Bertz CT molecular complexity index is 778. The molecule has 26 heavy (non-hydrogen) atoms. The molecule has 1 aliphatic carbocycles. The zero-order chi connectivity index (χ0) is 18.1. The molecule has 1 heterocycles. The molecule has 0 amide bonds. The summed E-state index contributed by atoms with van der Waals surface area (Å²) in [5, 5.41) is 12.9. The van der Waals surface area contributed by atoms with Crippen molar-refractivity contribution >= 4 is 5.97 Å². The lowest BCUT2D eigenvalue weighted by atomic mass is 9.90. The monoisotopic (exact) mass is 353 g/mol. The summed E-state index contributed by atoms with van der Waals surface area (Å²) in [6.07, 6.45) is 1.34. The summed E-state index contributed by atoms with van der Waals surface area (Å²) in [6.45, 7) is 1.32. The van der Waals surface area contributed by atoms with Gasteiger partial charge in [0.05, 0.1) is 18.3 Å². The number of hydrogen-bond acceptors (Lipinski definition) is 5. The van der Waals surface area contributed by atoms with E-state index < -0.39 is 5.60 Å². The number of ether oxygens (including phenoxy) is 1. The van der Waals surface area contributed by atoms with Gasteiger partial charge in [0.1, 0.15) is 5.75 Å². The van der Waals surface area contributed by atoms with Crippen LogP contribution in [0.5, 0.6) is 5.75 Å². The van der Waals surface area contributed by atoms with Crippen LogP contribution in [-0.4, -0.2) is 36.3 Å². The fourth-order valence-corrected chi connectivity index (χ4v) is 4.28. The first kappa shape index (κ1) is 17.1. The molecule has 1 aliphatic heterocycles. The zero-order valence-electron chi connectivity index (χ0n) is 14.8. The van der Waals surface area contributed by atoms with Gasteiger partial charge >= 0.3 is 5.97 Å². The van der Waals surface area contributed by atoms with E-state index in [0.29, 0.717) is 43.3 Å². The van der Waals surface area contributed by atoms with E-state index in [1.165, 1.54) is 0 Å². The van der Waals surface area contributed by atoms with Gasteiger partial charge in [-0.05, 0) is 54.5 Å². The van der Waals surface area contributed by atoms with Crippen LogP contribution >= 0.6 is 0 Å². The van der Waals surface area contributed by atoms with E-state index in [4.69, 9.17) is 9.57 Å². The predicted molar refractivity (Wildman–Crippen MR) is 96.5 cm³/mol. The minimum atomic E-state index is -0.834. The number of hydrogen-bond donors (Lipinski definition) is 1. The van der Waals surface area contributed by atoms with Gasteiger partial charge in [0.25, 0.3) is 0 Å². The quantitative estimate of drug-likeness (QED) is 0.916. The first-order chi connectivity index (χ1) is 12.6. The average Bonchev–Trinajstić information content (AvgIpc) is 3.17. The van der Waals surface area contributed by atoms with E-state index in [2.05, 4.69) is 0 Å². The minimum absolute atomic E-state index is 0.315. The van der Waals surface area contributed by atoms with Crippen molar-refractivity contribution in [1.82, 2.24) is 5.06 Å². The third kappa shape index (κ3) is 3.20. The topological polar surface area (TPSA) is 59.0 Å². The molecule has 5 heteroatoms. The van der Waals surface area contributed by atoms with Crippen molar-refractivity contribution in [3.05, 3.63) is 65.7 Å². The number of rotatable bonds is 4. The Kier molecular flexibility index (Phi) is 4.42. The van der Waals surface area contributed by atoms with Crippen molar-refractivity contribution in [2.45, 2.75) is 18.4 Å². The number of carbonyl (C=O) groups excluding carboxylic acids is 1. The van der Waals surface area contributed by atoms with Crippen molar-refractivity contribution in [2.24, 2.45) is 11.8 Å². The number of fused-ring (bicyclic) bond motifs is 1. The van der Waals surface area contributed by atoms with E-state index in [1.807, 2.05) is 42.5 Å². The molecular weight excluding hydrogens is 330 g/mol. The number of aliphatic hydroxyl groups is 1. The molecule has 2 aromatic carbocycles. The normalized spacial score (nSPS) is 27.9. The summed E-state index contributed by atoms with van der Waals surface area (Å²) in [4.78, 5) is 17.7. The third-order valence-electron chi connectivity index (χ3n) is 5.57. The highest BCUT2D eigenvalue weighted by Crippen LogP contribution is 2.49. The number of methoxy groups -OCH3 is 1. The highest BCUT2D eigenvalue weighted by molar-refractivity contribution is 5.89. The summed E-state index contributed by atoms with van der Waals surface area (Å²) in [5.74, 6) is 1.06. The lowest BCUT2D eigenvalue weighted by Crippen LogP contribution is -2.30. The van der Waals surface area contributed by atoms with E-state index in [0.717, 1.165) is 11.3 Å². The number of nitrogens with zero attached hydrogens (tertiary/aromatic N) is 1. The van der Waals surface area contributed by atoms with Gasteiger partial charge in [-0.3, -0.25) is 0 Å². The van der Waals surface area contributed by atoms with Gasteiger partial charge in [-0.2, -0.15) is 0 Å². The summed E-state index contributed by atoms with van der Waals surface area (Å²) >= 11 is 0. The Balaban J connectivity index is 1.40. The van der Waals surface area contributed by atoms with Crippen LogP contribution in [0, 0.1) is 11.8 Å². The maximum Gasteiger partial charge on any atom is 0.357 e. The lowest BCUT2D eigenvalue weighted by Gasteiger charge is -2.26. The van der Waals surface area contributed by atoms with Crippen LogP contribution in [-0.2, 0) is 10.4 Å². The molecule has 0 aromatic heterocycles. The van der Waals surface area contributed by atoms with Crippen LogP contribution in [0.25, 0.3) is 0 Å². The van der Waals surface area contributed by atoms with Crippen LogP contribution in [0.2, 0.25) is 0 Å². The first-order valence-electron chi connectivity index (χ1n) is 8.96. The molecule has 4 rings (SSSR count). The van der Waals surface area contributed by atoms with Crippen molar-refractivity contribution in [1.29, 1.82) is 0 Å². The first-order valence-corrected chi connectivity index (χ1v) is 8.96. The molecule has 1 unspecified atom stereocenters. The molecule has 1 saturated heterocycles. The van der Waals surface area contributed by atoms with Crippen LogP contribution in [0.1, 0.15) is 28.8 Å². The smallest absolute Gasteiger partial charge is 0.357 e. The molecule has 0 bridgehead atoms. The van der Waals surface area contributed by atoms with Gasteiger partial charge in [-0.25, -0.2) is 4.79 Å². The summed E-state index contributed by atoms with van der Waals surface area (Å²) in [7, 11) is 1.63. The van der Waals surface area contributed by atoms with Crippen LogP contribution in [0.4, 0.5) is 0 Å². The maximum atomic E-state index is 12.2. The molecule has 1 saturated carbocycles. The van der Waals surface area contributed by atoms with Crippen LogP contribution < -0.4 is 4.74 Å².